The second-order valence-electron chi connectivity index (χ2n) is 6.11. The Labute approximate surface area is 132 Å². The molecule has 6 nitrogen and oxygen atoms in total. The highest BCUT2D eigenvalue weighted by molar-refractivity contribution is 6.10. The number of nitrogen functional groups attached to an aromatic ring is 1. The molecule has 118 valence electrons. The number of fused-ring (bicyclic) bond motifs is 3. The van der Waals surface area contributed by atoms with Gasteiger partial charge < -0.3 is 21.1 Å². The molecule has 0 spiro atoms. The summed E-state index contributed by atoms with van der Waals surface area (Å²) >= 11 is 0. The third kappa shape index (κ3) is 1.98. The maximum atomic E-state index is 11.6. The summed E-state index contributed by atoms with van der Waals surface area (Å²) in [6, 6.07) is 9.57. The van der Waals surface area contributed by atoms with Crippen molar-refractivity contribution in [3.8, 4) is 0 Å². The number of aliphatic hydroxyl groups is 1. The highest BCUT2D eigenvalue weighted by atomic mass is 16.3. The molecule has 0 aliphatic heterocycles. The number of carbonyl (C=O) groups excluding carboxylic acids is 1. The van der Waals surface area contributed by atoms with Crippen LogP contribution in [0.4, 0.5) is 5.82 Å². The van der Waals surface area contributed by atoms with Gasteiger partial charge in [-0.25, -0.2) is 4.98 Å². The molecular weight excluding hydrogens is 292 g/mol. The van der Waals surface area contributed by atoms with E-state index < -0.39 is 12.0 Å². The van der Waals surface area contributed by atoms with Gasteiger partial charge in [0.1, 0.15) is 11.5 Å². The summed E-state index contributed by atoms with van der Waals surface area (Å²) in [6.07, 6.45) is 2.27. The molecule has 0 saturated heterocycles. The first-order chi connectivity index (χ1) is 11.1. The monoisotopic (exact) mass is 310 g/mol. The fourth-order valence-electron chi connectivity index (χ4n) is 3.68. The molecule has 1 aromatic carbocycles. The molecule has 6 heteroatoms. The summed E-state index contributed by atoms with van der Waals surface area (Å²) in [4.78, 5) is 16.0. The number of aliphatic hydroxyl groups excluding tert-OH is 1. The van der Waals surface area contributed by atoms with E-state index in [9.17, 15) is 9.90 Å². The largest absolute Gasteiger partial charge is 0.391 e. The Bertz CT molecular complexity index is 931. The van der Waals surface area contributed by atoms with Crippen molar-refractivity contribution in [3.05, 3.63) is 35.9 Å². The van der Waals surface area contributed by atoms with E-state index in [0.29, 0.717) is 5.65 Å². The Morgan fingerprint density at radius 3 is 2.74 bits per heavy atom. The quantitative estimate of drug-likeness (QED) is 0.672. The van der Waals surface area contributed by atoms with Gasteiger partial charge in [-0.15, -0.1) is 0 Å². The normalized spacial score (nSPS) is 21.3. The summed E-state index contributed by atoms with van der Waals surface area (Å²) in [7, 11) is 0. The molecule has 1 saturated carbocycles. The van der Waals surface area contributed by atoms with Gasteiger partial charge in [-0.1, -0.05) is 18.2 Å². The number of nitrogens with zero attached hydrogens (tertiary/aromatic N) is 2. The highest BCUT2D eigenvalue weighted by Gasteiger charge is 2.30. The molecule has 4 rings (SSSR count). The van der Waals surface area contributed by atoms with E-state index in [-0.39, 0.29) is 17.4 Å². The van der Waals surface area contributed by atoms with E-state index in [1.54, 1.807) is 6.07 Å². The molecule has 1 aliphatic carbocycles. The molecular formula is C17H18N4O2. The van der Waals surface area contributed by atoms with Crippen LogP contribution >= 0.6 is 0 Å². The Morgan fingerprint density at radius 1 is 1.26 bits per heavy atom. The Kier molecular flexibility index (Phi) is 3.02. The van der Waals surface area contributed by atoms with Crippen molar-refractivity contribution in [1.29, 1.82) is 0 Å². The van der Waals surface area contributed by atoms with Gasteiger partial charge in [0, 0.05) is 10.8 Å². The number of amides is 1. The van der Waals surface area contributed by atoms with Gasteiger partial charge in [0.25, 0.3) is 5.91 Å². The van der Waals surface area contributed by atoms with Crippen LogP contribution in [0.5, 0.6) is 0 Å². The number of carbonyl (C=O) groups is 1. The maximum absolute atomic E-state index is 11.6. The van der Waals surface area contributed by atoms with Gasteiger partial charge in [-0.2, -0.15) is 0 Å². The van der Waals surface area contributed by atoms with Crippen molar-refractivity contribution < 1.29 is 9.90 Å². The van der Waals surface area contributed by atoms with Gasteiger partial charge in [-0.3, -0.25) is 4.79 Å². The molecule has 1 unspecified atom stereocenters. The number of primary amides is 1. The number of benzene rings is 1. The zero-order chi connectivity index (χ0) is 16.1. The van der Waals surface area contributed by atoms with Crippen molar-refractivity contribution in [3.63, 3.8) is 0 Å². The molecule has 23 heavy (non-hydrogen) atoms. The molecule has 5 N–H and O–H groups in total. The van der Waals surface area contributed by atoms with E-state index in [0.717, 1.165) is 35.6 Å². The van der Waals surface area contributed by atoms with E-state index in [1.165, 1.54) is 0 Å². The van der Waals surface area contributed by atoms with Crippen LogP contribution in [0.1, 0.15) is 35.7 Å². The predicted octanol–water partition coefficient (Wildman–Crippen LogP) is 1.96. The standard InChI is InChI=1S/C17H18N4O2/c18-15-11(16(19)23)8-10-9-4-1-2-5-12(9)21(17(10)20-15)13-6-3-7-14(13)22/h1-2,4-5,8,13-14,22H,3,6-7H2,(H2,18,20)(H2,19,23)/t13?,14-/m1/s1. The molecule has 2 atom stereocenters. The van der Waals surface area contributed by atoms with Gasteiger partial charge >= 0.3 is 0 Å². The lowest BCUT2D eigenvalue weighted by Gasteiger charge is -2.19. The zero-order valence-electron chi connectivity index (χ0n) is 12.6. The topological polar surface area (TPSA) is 107 Å². The average Bonchev–Trinajstić information content (AvgIpc) is 3.07. The second-order valence-corrected chi connectivity index (χ2v) is 6.11. The Balaban J connectivity index is 2.11. The third-order valence-electron chi connectivity index (χ3n) is 4.75. The van der Waals surface area contributed by atoms with Crippen molar-refractivity contribution in [2.75, 3.05) is 5.73 Å². The Hall–Kier alpha value is -2.60. The minimum absolute atomic E-state index is 0.0243. The number of anilines is 1. The Morgan fingerprint density at radius 2 is 2.04 bits per heavy atom. The number of hydrogen-bond donors (Lipinski definition) is 3. The predicted molar refractivity (Wildman–Crippen MR) is 89.1 cm³/mol. The fourth-order valence-corrected chi connectivity index (χ4v) is 3.68. The molecule has 1 amide bonds. The highest BCUT2D eigenvalue weighted by Crippen LogP contribution is 2.38. The number of aromatic nitrogens is 2. The van der Waals surface area contributed by atoms with E-state index in [4.69, 9.17) is 11.5 Å². The van der Waals surface area contributed by atoms with Crippen molar-refractivity contribution in [2.24, 2.45) is 5.73 Å². The van der Waals surface area contributed by atoms with E-state index in [2.05, 4.69) is 9.55 Å². The summed E-state index contributed by atoms with van der Waals surface area (Å²) in [5.74, 6) is -0.462. The number of pyridine rings is 1. The lowest BCUT2D eigenvalue weighted by Crippen LogP contribution is -2.19. The fraction of sp³-hybridized carbons (Fsp3) is 0.294. The van der Waals surface area contributed by atoms with Gasteiger partial charge in [0.15, 0.2) is 0 Å². The van der Waals surface area contributed by atoms with Crippen LogP contribution in [0.2, 0.25) is 0 Å². The van der Waals surface area contributed by atoms with Gasteiger partial charge in [-0.05, 0) is 31.4 Å². The minimum Gasteiger partial charge on any atom is -0.391 e. The molecule has 2 heterocycles. The maximum Gasteiger partial charge on any atom is 0.252 e. The van der Waals surface area contributed by atoms with Crippen LogP contribution in [0, 0.1) is 0 Å². The number of para-hydroxylation sites is 1. The first-order valence-electron chi connectivity index (χ1n) is 7.75. The molecule has 3 aromatic rings. The zero-order valence-corrected chi connectivity index (χ0v) is 12.6. The third-order valence-corrected chi connectivity index (χ3v) is 4.75. The van der Waals surface area contributed by atoms with Gasteiger partial charge in [0.05, 0.1) is 23.2 Å². The first-order valence-corrected chi connectivity index (χ1v) is 7.75. The first kappa shape index (κ1) is 14.0. The van der Waals surface area contributed by atoms with Crippen molar-refractivity contribution >= 4 is 33.7 Å². The van der Waals surface area contributed by atoms with E-state index in [1.807, 2.05) is 24.3 Å². The van der Waals surface area contributed by atoms with Crippen LogP contribution < -0.4 is 11.5 Å². The summed E-state index contributed by atoms with van der Waals surface area (Å²) in [5, 5.41) is 12.2. The second kappa shape index (κ2) is 4.96. The molecule has 2 aromatic heterocycles. The minimum atomic E-state index is -0.588. The lowest BCUT2D eigenvalue weighted by molar-refractivity contribution is 0.100. The van der Waals surface area contributed by atoms with E-state index >= 15 is 0 Å². The SMILES string of the molecule is NC(=O)c1cc2c3ccccc3n(C3CCC[C@H]3O)c2nc1N. The molecule has 1 fully saturated rings. The van der Waals surface area contributed by atoms with Crippen LogP contribution in [0.25, 0.3) is 21.9 Å². The number of rotatable bonds is 2. The molecule has 0 radical (unpaired) electrons. The van der Waals surface area contributed by atoms with Crippen LogP contribution in [-0.2, 0) is 0 Å². The molecule has 0 bridgehead atoms. The summed E-state index contributed by atoms with van der Waals surface area (Å²) < 4.78 is 2.06. The summed E-state index contributed by atoms with van der Waals surface area (Å²) in [5.41, 5.74) is 13.2. The lowest BCUT2D eigenvalue weighted by atomic mass is 10.1. The van der Waals surface area contributed by atoms with Crippen molar-refractivity contribution in [1.82, 2.24) is 9.55 Å². The summed E-state index contributed by atoms with van der Waals surface area (Å²) in [6.45, 7) is 0. The average molecular weight is 310 g/mol. The molecule has 1 aliphatic rings. The smallest absolute Gasteiger partial charge is 0.252 e. The van der Waals surface area contributed by atoms with Crippen LogP contribution in [0.3, 0.4) is 0 Å². The van der Waals surface area contributed by atoms with Gasteiger partial charge in [0.2, 0.25) is 0 Å². The number of hydrogen-bond acceptors (Lipinski definition) is 4. The van der Waals surface area contributed by atoms with Crippen LogP contribution in [0.15, 0.2) is 30.3 Å². The number of nitrogens with two attached hydrogens (primary N) is 2. The van der Waals surface area contributed by atoms with Crippen molar-refractivity contribution in [2.45, 2.75) is 31.4 Å². The van der Waals surface area contributed by atoms with Crippen LogP contribution in [-0.4, -0.2) is 26.7 Å².